The largest absolute Gasteiger partial charge is 0.497 e. The van der Waals surface area contributed by atoms with Crippen molar-refractivity contribution in [3.63, 3.8) is 0 Å². The molecule has 2 aromatic rings. The van der Waals surface area contributed by atoms with E-state index in [0.29, 0.717) is 13.2 Å². The fourth-order valence-electron chi connectivity index (χ4n) is 3.47. The first-order valence-electron chi connectivity index (χ1n) is 9.38. The van der Waals surface area contributed by atoms with Crippen LogP contribution >= 0.6 is 0 Å². The van der Waals surface area contributed by atoms with Gasteiger partial charge in [-0.25, -0.2) is 0 Å². The zero-order valence-electron chi connectivity index (χ0n) is 16.4. The van der Waals surface area contributed by atoms with Crippen molar-refractivity contribution in [3.05, 3.63) is 59.7 Å². The van der Waals surface area contributed by atoms with E-state index in [1.807, 2.05) is 30.3 Å². The van der Waals surface area contributed by atoms with Crippen molar-refractivity contribution in [2.45, 2.75) is 32.3 Å². The fraction of sp³-hybridized carbons (Fsp3) is 0.455. The summed E-state index contributed by atoms with van der Waals surface area (Å²) in [6.07, 6.45) is 0.245. The lowest BCUT2D eigenvalue weighted by Crippen LogP contribution is -2.47. The SMILES string of the molecule is COc1ccc(CN2C[C@@H](COCc3ccccc3)O[C@@H](C)C2)c(OC)c1. The smallest absolute Gasteiger partial charge is 0.127 e. The Morgan fingerprint density at radius 1 is 1.04 bits per heavy atom. The second-order valence-corrected chi connectivity index (χ2v) is 6.94. The Morgan fingerprint density at radius 2 is 1.85 bits per heavy atom. The van der Waals surface area contributed by atoms with Crippen molar-refractivity contribution in [2.24, 2.45) is 0 Å². The third kappa shape index (κ3) is 5.70. The van der Waals surface area contributed by atoms with Gasteiger partial charge in [-0.2, -0.15) is 0 Å². The van der Waals surface area contributed by atoms with Gasteiger partial charge in [-0.1, -0.05) is 36.4 Å². The molecule has 0 unspecified atom stereocenters. The van der Waals surface area contributed by atoms with E-state index in [1.165, 1.54) is 5.56 Å². The highest BCUT2D eigenvalue weighted by Crippen LogP contribution is 2.26. The van der Waals surface area contributed by atoms with Crippen molar-refractivity contribution in [2.75, 3.05) is 33.9 Å². The van der Waals surface area contributed by atoms with Gasteiger partial charge in [-0.05, 0) is 18.6 Å². The maximum Gasteiger partial charge on any atom is 0.127 e. The first-order valence-corrected chi connectivity index (χ1v) is 9.38. The summed E-state index contributed by atoms with van der Waals surface area (Å²) in [5.41, 5.74) is 2.33. The lowest BCUT2D eigenvalue weighted by atomic mass is 10.1. The van der Waals surface area contributed by atoms with Crippen LogP contribution in [0.2, 0.25) is 0 Å². The fourth-order valence-corrected chi connectivity index (χ4v) is 3.47. The average Bonchev–Trinajstić information content (AvgIpc) is 2.69. The minimum absolute atomic E-state index is 0.0710. The van der Waals surface area contributed by atoms with E-state index in [1.54, 1.807) is 14.2 Å². The van der Waals surface area contributed by atoms with Crippen molar-refractivity contribution in [1.82, 2.24) is 4.90 Å². The number of methoxy groups -OCH3 is 2. The molecule has 0 amide bonds. The molecule has 1 fully saturated rings. The standard InChI is InChI=1S/C22H29NO4/c1-17-12-23(13-19-9-10-20(24-2)11-22(19)25-3)14-21(27-17)16-26-15-18-7-5-4-6-8-18/h4-11,17,21H,12-16H2,1-3H3/t17-,21-/m0/s1. The zero-order chi connectivity index (χ0) is 19.1. The van der Waals surface area contributed by atoms with Gasteiger partial charge in [0.1, 0.15) is 11.5 Å². The van der Waals surface area contributed by atoms with E-state index in [2.05, 4.69) is 30.0 Å². The van der Waals surface area contributed by atoms with Gasteiger partial charge in [0, 0.05) is 31.3 Å². The third-order valence-corrected chi connectivity index (χ3v) is 4.71. The van der Waals surface area contributed by atoms with Crippen molar-refractivity contribution < 1.29 is 18.9 Å². The molecule has 2 atom stereocenters. The summed E-state index contributed by atoms with van der Waals surface area (Å²) < 4.78 is 22.8. The molecule has 5 heteroatoms. The van der Waals surface area contributed by atoms with Gasteiger partial charge < -0.3 is 18.9 Å². The van der Waals surface area contributed by atoms with Crippen LogP contribution in [-0.2, 0) is 22.6 Å². The molecule has 2 aromatic carbocycles. The quantitative estimate of drug-likeness (QED) is 0.710. The predicted octanol–water partition coefficient (Wildman–Crippen LogP) is 3.51. The van der Waals surface area contributed by atoms with Gasteiger partial charge in [-0.3, -0.25) is 4.90 Å². The normalized spacial score (nSPS) is 20.4. The molecule has 1 saturated heterocycles. The predicted molar refractivity (Wildman–Crippen MR) is 105 cm³/mol. The Labute approximate surface area is 161 Å². The van der Waals surface area contributed by atoms with Crippen LogP contribution in [0, 0.1) is 0 Å². The second-order valence-electron chi connectivity index (χ2n) is 6.94. The molecule has 27 heavy (non-hydrogen) atoms. The summed E-state index contributed by atoms with van der Waals surface area (Å²) in [4.78, 5) is 2.40. The highest BCUT2D eigenvalue weighted by molar-refractivity contribution is 5.40. The Kier molecular flexibility index (Phi) is 7.10. The van der Waals surface area contributed by atoms with Crippen molar-refractivity contribution >= 4 is 0 Å². The molecule has 1 aliphatic heterocycles. The van der Waals surface area contributed by atoms with Crippen LogP contribution in [0.25, 0.3) is 0 Å². The van der Waals surface area contributed by atoms with Gasteiger partial charge in [0.05, 0.1) is 39.6 Å². The molecule has 0 N–H and O–H groups in total. The maximum atomic E-state index is 6.07. The van der Waals surface area contributed by atoms with Crippen LogP contribution in [0.3, 0.4) is 0 Å². The highest BCUT2D eigenvalue weighted by atomic mass is 16.5. The van der Waals surface area contributed by atoms with Crippen LogP contribution in [-0.4, -0.2) is 51.0 Å². The van der Waals surface area contributed by atoms with Crippen LogP contribution < -0.4 is 9.47 Å². The molecule has 5 nitrogen and oxygen atoms in total. The molecule has 0 radical (unpaired) electrons. The summed E-state index contributed by atoms with van der Waals surface area (Å²) in [6.45, 7) is 5.87. The Hall–Kier alpha value is -2.08. The summed E-state index contributed by atoms with van der Waals surface area (Å²) in [5.74, 6) is 1.66. The number of benzene rings is 2. The Balaban J connectivity index is 1.55. The molecule has 0 bridgehead atoms. The van der Waals surface area contributed by atoms with Gasteiger partial charge in [0.2, 0.25) is 0 Å². The lowest BCUT2D eigenvalue weighted by Gasteiger charge is -2.37. The van der Waals surface area contributed by atoms with E-state index >= 15 is 0 Å². The monoisotopic (exact) mass is 371 g/mol. The van der Waals surface area contributed by atoms with Crippen LogP contribution in [0.1, 0.15) is 18.1 Å². The van der Waals surface area contributed by atoms with Crippen molar-refractivity contribution in [3.8, 4) is 11.5 Å². The summed E-state index contributed by atoms with van der Waals surface area (Å²) >= 11 is 0. The van der Waals surface area contributed by atoms with E-state index in [9.17, 15) is 0 Å². The van der Waals surface area contributed by atoms with Gasteiger partial charge in [0.25, 0.3) is 0 Å². The molecule has 0 aliphatic carbocycles. The van der Waals surface area contributed by atoms with Crippen LogP contribution in [0.15, 0.2) is 48.5 Å². The average molecular weight is 371 g/mol. The Bertz CT molecular complexity index is 707. The van der Waals surface area contributed by atoms with E-state index in [-0.39, 0.29) is 12.2 Å². The number of rotatable bonds is 8. The third-order valence-electron chi connectivity index (χ3n) is 4.71. The lowest BCUT2D eigenvalue weighted by molar-refractivity contribution is -0.111. The molecule has 3 rings (SSSR count). The number of ether oxygens (including phenoxy) is 4. The molecular formula is C22H29NO4. The van der Waals surface area contributed by atoms with E-state index < -0.39 is 0 Å². The van der Waals surface area contributed by atoms with Crippen molar-refractivity contribution in [1.29, 1.82) is 0 Å². The maximum absolute atomic E-state index is 6.07. The number of morpholine rings is 1. The number of nitrogens with zero attached hydrogens (tertiary/aromatic N) is 1. The molecule has 0 saturated carbocycles. The van der Waals surface area contributed by atoms with Crippen LogP contribution in [0.4, 0.5) is 0 Å². The summed E-state index contributed by atoms with van der Waals surface area (Å²) in [5, 5.41) is 0. The first-order chi connectivity index (χ1) is 13.2. The minimum atomic E-state index is 0.0710. The molecular weight excluding hydrogens is 342 g/mol. The molecule has 1 aliphatic rings. The molecule has 0 aromatic heterocycles. The number of hydrogen-bond acceptors (Lipinski definition) is 5. The topological polar surface area (TPSA) is 40.2 Å². The summed E-state index contributed by atoms with van der Waals surface area (Å²) in [6, 6.07) is 16.2. The van der Waals surface area contributed by atoms with Gasteiger partial charge in [-0.15, -0.1) is 0 Å². The highest BCUT2D eigenvalue weighted by Gasteiger charge is 2.26. The minimum Gasteiger partial charge on any atom is -0.497 e. The second kappa shape index (κ2) is 9.74. The Morgan fingerprint density at radius 3 is 2.59 bits per heavy atom. The first kappa shape index (κ1) is 19.7. The van der Waals surface area contributed by atoms with Crippen LogP contribution in [0.5, 0.6) is 11.5 Å². The van der Waals surface area contributed by atoms with Gasteiger partial charge in [0.15, 0.2) is 0 Å². The van der Waals surface area contributed by atoms with E-state index in [4.69, 9.17) is 18.9 Å². The number of hydrogen-bond donors (Lipinski definition) is 0. The molecule has 0 spiro atoms. The molecule has 1 heterocycles. The summed E-state index contributed by atoms with van der Waals surface area (Å²) in [7, 11) is 3.36. The zero-order valence-corrected chi connectivity index (χ0v) is 16.4. The van der Waals surface area contributed by atoms with Gasteiger partial charge >= 0.3 is 0 Å². The van der Waals surface area contributed by atoms with E-state index in [0.717, 1.165) is 36.7 Å². The molecule has 146 valence electrons.